The number of carbonyl (C=O) groups is 2. The maximum atomic E-state index is 13.3. The lowest BCUT2D eigenvalue weighted by Gasteiger charge is -2.42. The van der Waals surface area contributed by atoms with E-state index in [-0.39, 0.29) is 24.4 Å². The van der Waals surface area contributed by atoms with Crippen LogP contribution in [0.5, 0.6) is 5.75 Å². The first kappa shape index (κ1) is 25.7. The van der Waals surface area contributed by atoms with Crippen molar-refractivity contribution in [3.8, 4) is 5.75 Å². The largest absolute Gasteiger partial charge is 0.496 e. The third-order valence-electron chi connectivity index (χ3n) is 6.40. The van der Waals surface area contributed by atoms with Crippen molar-refractivity contribution < 1.29 is 18.7 Å². The van der Waals surface area contributed by atoms with Crippen LogP contribution in [0.2, 0.25) is 0 Å². The molecule has 1 saturated heterocycles. The van der Waals surface area contributed by atoms with Crippen LogP contribution in [-0.2, 0) is 16.1 Å². The Balaban J connectivity index is 1.37. The molecule has 2 aromatic carbocycles. The number of carbonyl (C=O) groups excluding carboxylic acids is 2. The highest BCUT2D eigenvalue weighted by molar-refractivity contribution is 7.10. The lowest BCUT2D eigenvalue weighted by Crippen LogP contribution is -2.53. The Labute approximate surface area is 214 Å². The number of nitrogens with zero attached hydrogens (tertiary/aromatic N) is 2. The molecule has 7 nitrogen and oxygen atoms in total. The number of halogens is 1. The number of thiophene rings is 1. The highest BCUT2D eigenvalue weighted by Crippen LogP contribution is 2.30. The highest BCUT2D eigenvalue weighted by atomic mass is 32.1. The minimum atomic E-state index is -0.682. The van der Waals surface area contributed by atoms with E-state index in [2.05, 4.69) is 26.5 Å². The zero-order valence-electron chi connectivity index (χ0n) is 20.4. The van der Waals surface area contributed by atoms with Crippen LogP contribution < -0.4 is 20.3 Å². The number of rotatable bonds is 8. The van der Waals surface area contributed by atoms with Crippen molar-refractivity contribution in [1.29, 1.82) is 0 Å². The molecule has 0 radical (unpaired) electrons. The van der Waals surface area contributed by atoms with Crippen molar-refractivity contribution in [2.45, 2.75) is 25.6 Å². The summed E-state index contributed by atoms with van der Waals surface area (Å²) in [6.45, 7) is 5.26. The molecule has 1 aliphatic heterocycles. The monoisotopic (exact) mass is 510 g/mol. The maximum Gasteiger partial charge on any atom is 0.309 e. The lowest BCUT2D eigenvalue weighted by molar-refractivity contribution is -0.140. The SMILES string of the molecule is COc1ccccc1CNC(=O)C(=O)N[C@H](C)[C@@H](c1cccs1)N1CCN(c2ccc(F)cc2)CC1. The van der Waals surface area contributed by atoms with Gasteiger partial charge in [0.05, 0.1) is 13.2 Å². The van der Waals surface area contributed by atoms with Gasteiger partial charge < -0.3 is 20.3 Å². The fourth-order valence-corrected chi connectivity index (χ4v) is 5.53. The van der Waals surface area contributed by atoms with Gasteiger partial charge in [-0.2, -0.15) is 0 Å². The van der Waals surface area contributed by atoms with Crippen LogP contribution in [0.25, 0.3) is 0 Å². The molecule has 2 heterocycles. The molecule has 1 aliphatic rings. The number of anilines is 1. The molecule has 0 spiro atoms. The van der Waals surface area contributed by atoms with Gasteiger partial charge in [-0.1, -0.05) is 24.3 Å². The van der Waals surface area contributed by atoms with Gasteiger partial charge in [0.15, 0.2) is 0 Å². The van der Waals surface area contributed by atoms with Crippen LogP contribution in [0.3, 0.4) is 0 Å². The van der Waals surface area contributed by atoms with Gasteiger partial charge in [0.2, 0.25) is 0 Å². The van der Waals surface area contributed by atoms with Gasteiger partial charge >= 0.3 is 11.8 Å². The van der Waals surface area contributed by atoms with E-state index >= 15 is 0 Å². The van der Waals surface area contributed by atoms with Gasteiger partial charge in [0.25, 0.3) is 0 Å². The van der Waals surface area contributed by atoms with Crippen LogP contribution in [0.4, 0.5) is 10.1 Å². The standard InChI is InChI=1S/C27H31FN4O3S/c1-19(30-27(34)26(33)29-18-20-6-3-4-7-23(20)35-2)25(24-8-5-17-36-24)32-15-13-31(14-16-32)22-11-9-21(28)10-12-22/h3-12,17,19,25H,13-16,18H2,1-2H3,(H,29,33)(H,30,34)/t19-,25+/m1/s1. The number of ether oxygens (including phenoxy) is 1. The van der Waals surface area contributed by atoms with Gasteiger partial charge in [-0.15, -0.1) is 11.3 Å². The molecule has 3 aromatic rings. The van der Waals surface area contributed by atoms with Crippen LogP contribution in [0.1, 0.15) is 23.4 Å². The minimum Gasteiger partial charge on any atom is -0.496 e. The number of benzene rings is 2. The van der Waals surface area contributed by atoms with Gasteiger partial charge in [-0.25, -0.2) is 4.39 Å². The number of methoxy groups -OCH3 is 1. The molecule has 190 valence electrons. The zero-order chi connectivity index (χ0) is 25.5. The molecular weight excluding hydrogens is 479 g/mol. The van der Waals surface area contributed by atoms with Crippen molar-refractivity contribution in [1.82, 2.24) is 15.5 Å². The Morgan fingerprint density at radius 2 is 1.72 bits per heavy atom. The van der Waals surface area contributed by atoms with Gasteiger partial charge in [0, 0.05) is 54.9 Å². The molecule has 2 atom stereocenters. The average Bonchev–Trinajstić information content (AvgIpc) is 3.42. The molecule has 4 rings (SSSR count). The van der Waals surface area contributed by atoms with Crippen molar-refractivity contribution in [3.05, 3.63) is 82.3 Å². The molecule has 0 unspecified atom stereocenters. The van der Waals surface area contributed by atoms with Crippen molar-refractivity contribution in [2.24, 2.45) is 0 Å². The number of hydrogen-bond acceptors (Lipinski definition) is 6. The Bertz CT molecular complexity index is 1150. The lowest BCUT2D eigenvalue weighted by atomic mass is 10.0. The summed E-state index contributed by atoms with van der Waals surface area (Å²) in [6, 6.07) is 17.6. The molecule has 9 heteroatoms. The smallest absolute Gasteiger partial charge is 0.309 e. The normalized spacial score (nSPS) is 15.7. The maximum absolute atomic E-state index is 13.3. The Morgan fingerprint density at radius 1 is 1.00 bits per heavy atom. The van der Waals surface area contributed by atoms with E-state index in [0.717, 1.165) is 42.3 Å². The van der Waals surface area contributed by atoms with E-state index in [1.165, 1.54) is 12.1 Å². The fourth-order valence-electron chi connectivity index (χ4n) is 4.57. The number of piperazine rings is 1. The van der Waals surface area contributed by atoms with Crippen LogP contribution >= 0.6 is 11.3 Å². The van der Waals surface area contributed by atoms with Gasteiger partial charge in [0.1, 0.15) is 11.6 Å². The predicted molar refractivity (Wildman–Crippen MR) is 140 cm³/mol. The first-order valence-electron chi connectivity index (χ1n) is 11.9. The average molecular weight is 511 g/mol. The van der Waals surface area contributed by atoms with Crippen LogP contribution in [-0.4, -0.2) is 56.0 Å². The minimum absolute atomic E-state index is 0.0636. The summed E-state index contributed by atoms with van der Waals surface area (Å²) >= 11 is 1.64. The summed E-state index contributed by atoms with van der Waals surface area (Å²) in [7, 11) is 1.57. The molecule has 2 amide bonds. The van der Waals surface area contributed by atoms with E-state index in [4.69, 9.17) is 4.74 Å². The van der Waals surface area contributed by atoms with Crippen LogP contribution in [0, 0.1) is 5.82 Å². The van der Waals surface area contributed by atoms with Crippen molar-refractivity contribution >= 4 is 28.8 Å². The molecule has 1 aromatic heterocycles. The third kappa shape index (κ3) is 6.22. The Hall–Kier alpha value is -3.43. The van der Waals surface area contributed by atoms with Crippen molar-refractivity contribution in [3.63, 3.8) is 0 Å². The first-order chi connectivity index (χ1) is 17.5. The Kier molecular flexibility index (Phi) is 8.56. The summed E-state index contributed by atoms with van der Waals surface area (Å²) < 4.78 is 18.6. The first-order valence-corrected chi connectivity index (χ1v) is 12.8. The number of hydrogen-bond donors (Lipinski definition) is 2. The second kappa shape index (κ2) is 12.0. The summed E-state index contributed by atoms with van der Waals surface area (Å²) in [6.07, 6.45) is 0. The van der Waals surface area contributed by atoms with E-state index in [1.54, 1.807) is 30.6 Å². The molecule has 0 bridgehead atoms. The fraction of sp³-hybridized carbons (Fsp3) is 0.333. The van der Waals surface area contributed by atoms with Crippen molar-refractivity contribution in [2.75, 3.05) is 38.2 Å². The number of para-hydroxylation sites is 1. The molecule has 1 fully saturated rings. The zero-order valence-corrected chi connectivity index (χ0v) is 21.3. The Morgan fingerprint density at radius 3 is 2.39 bits per heavy atom. The molecule has 0 aliphatic carbocycles. The quantitative estimate of drug-likeness (QED) is 0.453. The van der Waals surface area contributed by atoms with Gasteiger partial charge in [-0.05, 0) is 48.7 Å². The molecule has 2 N–H and O–H groups in total. The number of nitrogens with one attached hydrogen (secondary N) is 2. The molecule has 36 heavy (non-hydrogen) atoms. The summed E-state index contributed by atoms with van der Waals surface area (Å²) in [4.78, 5) is 31.0. The topological polar surface area (TPSA) is 73.9 Å². The summed E-state index contributed by atoms with van der Waals surface area (Å²) in [5.74, 6) is -0.932. The van der Waals surface area contributed by atoms with E-state index in [1.807, 2.05) is 42.6 Å². The number of amides is 2. The summed E-state index contributed by atoms with van der Waals surface area (Å²) in [5, 5.41) is 7.61. The third-order valence-corrected chi connectivity index (χ3v) is 7.35. The second-order valence-electron chi connectivity index (χ2n) is 8.72. The van der Waals surface area contributed by atoms with E-state index < -0.39 is 11.8 Å². The van der Waals surface area contributed by atoms with Gasteiger partial charge in [-0.3, -0.25) is 14.5 Å². The summed E-state index contributed by atoms with van der Waals surface area (Å²) in [5.41, 5.74) is 1.79. The van der Waals surface area contributed by atoms with E-state index in [9.17, 15) is 14.0 Å². The highest BCUT2D eigenvalue weighted by Gasteiger charge is 2.32. The van der Waals surface area contributed by atoms with Crippen LogP contribution in [0.15, 0.2) is 66.0 Å². The van der Waals surface area contributed by atoms with E-state index in [0.29, 0.717) is 5.75 Å². The predicted octanol–water partition coefficient (Wildman–Crippen LogP) is 3.58. The second-order valence-corrected chi connectivity index (χ2v) is 9.70. The molecular formula is C27H31FN4O3S. The molecule has 0 saturated carbocycles.